The Bertz CT molecular complexity index is 985. The molecule has 0 aromatic rings. The van der Waals surface area contributed by atoms with Crippen LogP contribution in [0, 0.1) is 23.7 Å². The van der Waals surface area contributed by atoms with Crippen LogP contribution in [0.5, 0.6) is 0 Å². The van der Waals surface area contributed by atoms with Gasteiger partial charge in [0.1, 0.15) is 29.5 Å². The molecule has 2 rings (SSSR count). The molecule has 13 atom stereocenters. The summed E-state index contributed by atoms with van der Waals surface area (Å²) in [6, 6.07) is -0.283. The number of Topliss-reactive ketones (excluding diaryl/α,β-unsaturated/α-hetero) is 2. The van der Waals surface area contributed by atoms with E-state index in [4.69, 9.17) is 18.9 Å². The van der Waals surface area contributed by atoms with E-state index in [0.29, 0.717) is 6.42 Å². The molecular formula is C32H55NO10. The number of esters is 1. The monoisotopic (exact) mass is 613 g/mol. The Morgan fingerprint density at radius 1 is 1.05 bits per heavy atom. The van der Waals surface area contributed by atoms with Crippen LogP contribution in [-0.2, 0) is 33.3 Å². The van der Waals surface area contributed by atoms with Crippen LogP contribution in [-0.4, -0.2) is 113 Å². The van der Waals surface area contributed by atoms with Crippen LogP contribution in [0.25, 0.3) is 0 Å². The summed E-state index contributed by atoms with van der Waals surface area (Å²) in [5.41, 5.74) is -3.28. The first-order valence-corrected chi connectivity index (χ1v) is 15.4. The first-order chi connectivity index (χ1) is 19.8. The molecule has 0 aliphatic carbocycles. The van der Waals surface area contributed by atoms with E-state index in [1.165, 1.54) is 26.8 Å². The Morgan fingerprint density at radius 3 is 2.19 bits per heavy atom. The largest absolute Gasteiger partial charge is 0.459 e. The predicted octanol–water partition coefficient (Wildman–Crippen LogP) is 2.28. The minimum Gasteiger partial charge on any atom is -0.459 e. The first kappa shape index (κ1) is 37.5. The minimum atomic E-state index is -1.96. The Morgan fingerprint density at radius 2 is 1.65 bits per heavy atom. The number of aliphatic hydroxyl groups is 3. The van der Waals surface area contributed by atoms with Crippen molar-refractivity contribution in [1.82, 2.24) is 4.90 Å². The van der Waals surface area contributed by atoms with E-state index in [1.807, 2.05) is 25.9 Å². The Kier molecular flexibility index (Phi) is 13.1. The minimum absolute atomic E-state index is 0.0612. The van der Waals surface area contributed by atoms with Crippen LogP contribution in [0.2, 0.25) is 0 Å². The first-order valence-electron chi connectivity index (χ1n) is 15.4. The molecular weight excluding hydrogens is 558 g/mol. The lowest BCUT2D eigenvalue weighted by Crippen LogP contribution is -2.60. The van der Waals surface area contributed by atoms with E-state index in [-0.39, 0.29) is 37.4 Å². The fourth-order valence-electron chi connectivity index (χ4n) is 6.62. The van der Waals surface area contributed by atoms with Gasteiger partial charge < -0.3 is 39.2 Å². The summed E-state index contributed by atoms with van der Waals surface area (Å²) in [6.07, 6.45) is -3.95. The van der Waals surface area contributed by atoms with Gasteiger partial charge in [0.15, 0.2) is 12.1 Å². The molecule has 2 aliphatic heterocycles. The highest BCUT2D eigenvalue weighted by Crippen LogP contribution is 2.38. The van der Waals surface area contributed by atoms with Gasteiger partial charge in [0.25, 0.3) is 0 Å². The second-order valence-corrected chi connectivity index (χ2v) is 13.3. The van der Waals surface area contributed by atoms with Crippen molar-refractivity contribution in [3.05, 3.63) is 12.7 Å². The molecule has 0 aromatic heterocycles. The fourth-order valence-corrected chi connectivity index (χ4v) is 6.62. The molecule has 11 heteroatoms. The summed E-state index contributed by atoms with van der Waals surface area (Å²) >= 11 is 0. The Hall–Kier alpha value is -1.73. The molecule has 248 valence electrons. The van der Waals surface area contributed by atoms with Crippen LogP contribution in [0.3, 0.4) is 0 Å². The van der Waals surface area contributed by atoms with Gasteiger partial charge in [-0.1, -0.05) is 33.8 Å². The van der Waals surface area contributed by atoms with Crippen molar-refractivity contribution < 1.29 is 48.7 Å². The van der Waals surface area contributed by atoms with E-state index in [2.05, 4.69) is 6.58 Å². The number of hydrogen-bond donors (Lipinski definition) is 3. The van der Waals surface area contributed by atoms with Crippen LogP contribution in [0.15, 0.2) is 12.7 Å². The highest BCUT2D eigenvalue weighted by Gasteiger charge is 2.52. The summed E-state index contributed by atoms with van der Waals surface area (Å²) < 4.78 is 24.4. The zero-order valence-corrected chi connectivity index (χ0v) is 27.6. The van der Waals surface area contributed by atoms with Crippen LogP contribution < -0.4 is 0 Å². The third kappa shape index (κ3) is 8.31. The molecule has 0 saturated carbocycles. The summed E-state index contributed by atoms with van der Waals surface area (Å²) in [7, 11) is 3.70. The van der Waals surface area contributed by atoms with Gasteiger partial charge in [-0.3, -0.25) is 14.4 Å². The van der Waals surface area contributed by atoms with Gasteiger partial charge in [-0.05, 0) is 61.1 Å². The average molecular weight is 614 g/mol. The van der Waals surface area contributed by atoms with E-state index in [9.17, 15) is 29.7 Å². The SMILES string of the molecule is C=CCO[C@]1(C)C[C@@H](C)C(=O)[C@H](C)[C@@H](O)[C@](C)(O)[C@@H](CC)OC(=O)[C@H](C)C(=O)[C@H](C)[C@H]1O[C@@H]1O[C@H](C)C[C@H](N(C)C)[C@H]1O. The van der Waals surface area contributed by atoms with Crippen LogP contribution in [0.1, 0.15) is 74.7 Å². The smallest absolute Gasteiger partial charge is 0.316 e. The third-order valence-electron chi connectivity index (χ3n) is 9.37. The summed E-state index contributed by atoms with van der Waals surface area (Å²) in [6.45, 7) is 16.7. The maximum atomic E-state index is 13.9. The van der Waals surface area contributed by atoms with Crippen molar-refractivity contribution in [1.29, 1.82) is 0 Å². The number of ether oxygens (including phenoxy) is 4. The zero-order chi connectivity index (χ0) is 33.0. The number of carbonyl (C=O) groups is 3. The predicted molar refractivity (Wildman–Crippen MR) is 160 cm³/mol. The topological polar surface area (TPSA) is 152 Å². The molecule has 43 heavy (non-hydrogen) atoms. The number of likely N-dealkylation sites (N-methyl/N-ethyl adjacent to an activating group) is 1. The van der Waals surface area contributed by atoms with Gasteiger partial charge in [0, 0.05) is 23.8 Å². The molecule has 0 aromatic carbocycles. The molecule has 3 N–H and O–H groups in total. The number of aliphatic hydroxyl groups excluding tert-OH is 2. The van der Waals surface area contributed by atoms with Gasteiger partial charge in [-0.15, -0.1) is 6.58 Å². The summed E-state index contributed by atoms with van der Waals surface area (Å²) in [5.74, 6) is -5.69. The summed E-state index contributed by atoms with van der Waals surface area (Å²) in [4.78, 5) is 42.8. The third-order valence-corrected chi connectivity index (χ3v) is 9.37. The molecule has 0 spiro atoms. The lowest BCUT2D eigenvalue weighted by atomic mass is 9.74. The lowest BCUT2D eigenvalue weighted by Gasteiger charge is -2.47. The maximum absolute atomic E-state index is 13.9. The quantitative estimate of drug-likeness (QED) is 0.220. The fraction of sp³-hybridized carbons (Fsp3) is 0.844. The van der Waals surface area contributed by atoms with E-state index in [1.54, 1.807) is 27.7 Å². The maximum Gasteiger partial charge on any atom is 0.316 e. The molecule has 2 fully saturated rings. The zero-order valence-electron chi connectivity index (χ0n) is 27.6. The van der Waals surface area contributed by atoms with Crippen molar-refractivity contribution in [2.24, 2.45) is 23.7 Å². The van der Waals surface area contributed by atoms with E-state index >= 15 is 0 Å². The lowest BCUT2D eigenvalue weighted by molar-refractivity contribution is -0.296. The van der Waals surface area contributed by atoms with Gasteiger partial charge in [-0.25, -0.2) is 0 Å². The highest BCUT2D eigenvalue weighted by atomic mass is 16.7. The van der Waals surface area contributed by atoms with Gasteiger partial charge in [0.05, 0.1) is 30.5 Å². The molecule has 2 aliphatic rings. The van der Waals surface area contributed by atoms with E-state index in [0.717, 1.165) is 0 Å². The molecule has 0 radical (unpaired) electrons. The van der Waals surface area contributed by atoms with Gasteiger partial charge >= 0.3 is 5.97 Å². The van der Waals surface area contributed by atoms with Crippen molar-refractivity contribution in [2.75, 3.05) is 20.7 Å². The van der Waals surface area contributed by atoms with Crippen LogP contribution in [0.4, 0.5) is 0 Å². The molecule has 0 bridgehead atoms. The van der Waals surface area contributed by atoms with Crippen molar-refractivity contribution in [2.45, 2.75) is 129 Å². The average Bonchev–Trinajstić information content (AvgIpc) is 2.95. The molecule has 2 saturated heterocycles. The number of nitrogens with zero attached hydrogens (tertiary/aromatic N) is 1. The Balaban J connectivity index is 2.68. The van der Waals surface area contributed by atoms with Gasteiger partial charge in [-0.2, -0.15) is 0 Å². The molecule has 2 heterocycles. The standard InChI is InChI=1S/C32H55NO10/c1-12-14-40-31(8)16-17(3)24(34)19(5)27(37)32(9,39)23(13-2)42-29(38)21(7)25(35)20(6)28(31)43-30-26(36)22(33(10)11)15-18(4)41-30/h12,17-23,26-28,30,36-37,39H,1,13-16H2,2-11H3/t17-,18-,19+,20+,21-,22+,23-,26-,27-,28-,30+,31-,32-/m1/s1. The number of rotatable bonds is 7. The molecule has 0 amide bonds. The second-order valence-electron chi connectivity index (χ2n) is 13.3. The van der Waals surface area contributed by atoms with Crippen molar-refractivity contribution >= 4 is 17.5 Å². The number of hydrogen-bond acceptors (Lipinski definition) is 11. The Labute approximate surface area is 256 Å². The summed E-state index contributed by atoms with van der Waals surface area (Å²) in [5, 5.41) is 33.7. The van der Waals surface area contributed by atoms with Crippen molar-refractivity contribution in [3.63, 3.8) is 0 Å². The highest BCUT2D eigenvalue weighted by molar-refractivity contribution is 6.00. The van der Waals surface area contributed by atoms with E-state index < -0.39 is 77.3 Å². The molecule has 0 unspecified atom stereocenters. The van der Waals surface area contributed by atoms with Crippen molar-refractivity contribution in [3.8, 4) is 0 Å². The van der Waals surface area contributed by atoms with Gasteiger partial charge in [0.2, 0.25) is 0 Å². The van der Waals surface area contributed by atoms with Crippen LogP contribution >= 0.6 is 0 Å². The number of ketones is 2. The normalized spacial score (nSPS) is 44.1. The molecule has 11 nitrogen and oxygen atoms in total. The second kappa shape index (κ2) is 15.0. The number of carbonyl (C=O) groups excluding carboxylic acids is 3. The number of cyclic esters (lactones) is 1.